The highest BCUT2D eigenvalue weighted by atomic mass is 15.3. The van der Waals surface area contributed by atoms with E-state index in [-0.39, 0.29) is 0 Å². The van der Waals surface area contributed by atoms with Gasteiger partial charge in [-0.2, -0.15) is 4.98 Å². The monoisotopic (exact) mass is 261 g/mol. The van der Waals surface area contributed by atoms with E-state index < -0.39 is 0 Å². The molecule has 2 atom stereocenters. The summed E-state index contributed by atoms with van der Waals surface area (Å²) in [5.74, 6) is 1.71. The van der Waals surface area contributed by atoms with Gasteiger partial charge in [0.25, 0.3) is 0 Å². The number of hydrogen-bond donors (Lipinski definition) is 2. The smallest absolute Gasteiger partial charge is 0.224 e. The molecule has 0 aliphatic carbocycles. The first-order chi connectivity index (χ1) is 9.28. The van der Waals surface area contributed by atoms with Gasteiger partial charge in [-0.05, 0) is 39.7 Å². The van der Waals surface area contributed by atoms with Crippen molar-refractivity contribution in [2.75, 3.05) is 30.3 Å². The number of rotatable bonds is 4. The molecule has 5 heteroatoms. The van der Waals surface area contributed by atoms with Crippen LogP contribution in [-0.4, -0.2) is 46.6 Å². The van der Waals surface area contributed by atoms with E-state index in [0.717, 1.165) is 23.9 Å². The Morgan fingerprint density at radius 1 is 1.37 bits per heavy atom. The van der Waals surface area contributed by atoms with Crippen LogP contribution >= 0.6 is 0 Å². The summed E-state index contributed by atoms with van der Waals surface area (Å²) in [5.41, 5.74) is 1.12. The van der Waals surface area contributed by atoms with Crippen LogP contribution in [0.2, 0.25) is 0 Å². The number of aryl methyl sites for hydroxylation is 1. The minimum atomic E-state index is 0.547. The van der Waals surface area contributed by atoms with Crippen LogP contribution in [0.25, 0.3) is 0 Å². The van der Waals surface area contributed by atoms with E-state index in [4.69, 9.17) is 0 Å². The molecule has 0 aromatic carbocycles. The van der Waals surface area contributed by atoms with Crippen molar-refractivity contribution >= 4 is 11.8 Å². The molecule has 3 heterocycles. The fourth-order valence-electron chi connectivity index (χ4n) is 3.26. The lowest BCUT2D eigenvalue weighted by Crippen LogP contribution is -2.34. The Morgan fingerprint density at radius 2 is 2.26 bits per heavy atom. The van der Waals surface area contributed by atoms with Crippen molar-refractivity contribution in [2.24, 2.45) is 0 Å². The minimum absolute atomic E-state index is 0.547. The third-order valence-corrected chi connectivity index (χ3v) is 4.23. The van der Waals surface area contributed by atoms with Gasteiger partial charge in [0.05, 0.1) is 0 Å². The average molecular weight is 261 g/mol. The zero-order chi connectivity index (χ0) is 13.2. The minimum Gasteiger partial charge on any atom is -0.365 e. The zero-order valence-electron chi connectivity index (χ0n) is 11.8. The molecular formula is C14H23N5. The van der Waals surface area contributed by atoms with Crippen LogP contribution < -0.4 is 10.6 Å². The Bertz CT molecular complexity index is 447. The van der Waals surface area contributed by atoms with Crippen LogP contribution in [0.4, 0.5) is 11.8 Å². The topological polar surface area (TPSA) is 53.1 Å². The fourth-order valence-corrected chi connectivity index (χ4v) is 3.26. The summed E-state index contributed by atoms with van der Waals surface area (Å²) in [6.07, 6.45) is 5.79. The maximum atomic E-state index is 4.59. The maximum absolute atomic E-state index is 4.59. The van der Waals surface area contributed by atoms with Crippen LogP contribution in [-0.2, 0) is 0 Å². The highest BCUT2D eigenvalue weighted by molar-refractivity contribution is 5.47. The van der Waals surface area contributed by atoms with Gasteiger partial charge in [0.2, 0.25) is 5.95 Å². The molecular weight excluding hydrogens is 238 g/mol. The lowest BCUT2D eigenvalue weighted by atomic mass is 10.1. The molecule has 2 N–H and O–H groups in total. The molecule has 2 unspecified atom stereocenters. The number of nitrogens with zero attached hydrogens (tertiary/aromatic N) is 3. The third-order valence-electron chi connectivity index (χ3n) is 4.23. The van der Waals surface area contributed by atoms with Crippen LogP contribution in [0.1, 0.15) is 31.7 Å². The lowest BCUT2D eigenvalue weighted by molar-refractivity contribution is 0.318. The Balaban J connectivity index is 1.73. The molecule has 1 aromatic rings. The molecule has 2 saturated heterocycles. The standard InChI is InChI=1S/C14H23N5/c1-3-15-14-16-9-10(2)13(18-14)17-11-6-8-19-7-4-5-12(11)19/h9,11-12H,3-8H2,1-2H3,(H2,15,16,17,18). The van der Waals surface area contributed by atoms with Crippen LogP contribution in [0.3, 0.4) is 0 Å². The van der Waals surface area contributed by atoms with Gasteiger partial charge in [0, 0.05) is 36.9 Å². The van der Waals surface area contributed by atoms with Gasteiger partial charge < -0.3 is 10.6 Å². The van der Waals surface area contributed by atoms with Crippen molar-refractivity contribution in [2.45, 2.75) is 45.2 Å². The maximum Gasteiger partial charge on any atom is 0.224 e. The van der Waals surface area contributed by atoms with Crippen LogP contribution in [0.15, 0.2) is 6.20 Å². The van der Waals surface area contributed by atoms with Gasteiger partial charge >= 0.3 is 0 Å². The Kier molecular flexibility index (Phi) is 3.55. The summed E-state index contributed by atoms with van der Waals surface area (Å²) < 4.78 is 0. The summed E-state index contributed by atoms with van der Waals surface area (Å²) in [6, 6.07) is 1.25. The van der Waals surface area contributed by atoms with Gasteiger partial charge in [-0.1, -0.05) is 0 Å². The molecule has 0 amide bonds. The second kappa shape index (κ2) is 5.33. The van der Waals surface area contributed by atoms with E-state index in [1.807, 2.05) is 6.20 Å². The molecule has 104 valence electrons. The SMILES string of the molecule is CCNc1ncc(C)c(NC2CCN3CCCC23)n1. The number of aromatic nitrogens is 2. The quantitative estimate of drug-likeness (QED) is 0.866. The van der Waals surface area contributed by atoms with E-state index >= 15 is 0 Å². The lowest BCUT2D eigenvalue weighted by Gasteiger charge is -2.22. The first-order valence-electron chi connectivity index (χ1n) is 7.36. The molecule has 0 spiro atoms. The van der Waals surface area contributed by atoms with Crippen molar-refractivity contribution in [1.29, 1.82) is 0 Å². The van der Waals surface area contributed by atoms with Crippen LogP contribution in [0.5, 0.6) is 0 Å². The molecule has 2 aliphatic heterocycles. The van der Waals surface area contributed by atoms with Crippen molar-refractivity contribution < 1.29 is 0 Å². The number of hydrogen-bond acceptors (Lipinski definition) is 5. The first-order valence-corrected chi connectivity index (χ1v) is 7.36. The third kappa shape index (κ3) is 2.52. The molecule has 5 nitrogen and oxygen atoms in total. The molecule has 3 rings (SSSR count). The van der Waals surface area contributed by atoms with Gasteiger partial charge in [0.15, 0.2) is 0 Å². The molecule has 19 heavy (non-hydrogen) atoms. The second-order valence-electron chi connectivity index (χ2n) is 5.54. The largest absolute Gasteiger partial charge is 0.365 e. The predicted octanol–water partition coefficient (Wildman–Crippen LogP) is 1.87. The number of fused-ring (bicyclic) bond motifs is 1. The summed E-state index contributed by atoms with van der Waals surface area (Å²) in [6.45, 7) is 7.48. The predicted molar refractivity (Wildman–Crippen MR) is 77.6 cm³/mol. The molecule has 2 aliphatic rings. The van der Waals surface area contributed by atoms with Crippen LogP contribution in [0, 0.1) is 6.92 Å². The molecule has 2 fully saturated rings. The summed E-state index contributed by atoms with van der Waals surface area (Å²) in [5, 5.41) is 6.82. The highest BCUT2D eigenvalue weighted by Gasteiger charge is 2.37. The van der Waals surface area contributed by atoms with E-state index in [2.05, 4.69) is 39.3 Å². The summed E-state index contributed by atoms with van der Waals surface area (Å²) in [4.78, 5) is 11.5. The van der Waals surface area contributed by atoms with Gasteiger partial charge in [-0.25, -0.2) is 4.98 Å². The Hall–Kier alpha value is -1.36. The van der Waals surface area contributed by atoms with E-state index in [9.17, 15) is 0 Å². The fraction of sp³-hybridized carbons (Fsp3) is 0.714. The van der Waals surface area contributed by atoms with Gasteiger partial charge in [0.1, 0.15) is 5.82 Å². The van der Waals surface area contributed by atoms with Crippen molar-refractivity contribution in [1.82, 2.24) is 14.9 Å². The van der Waals surface area contributed by atoms with Crippen molar-refractivity contribution in [3.63, 3.8) is 0 Å². The van der Waals surface area contributed by atoms with E-state index in [1.54, 1.807) is 0 Å². The molecule has 0 radical (unpaired) electrons. The summed E-state index contributed by atoms with van der Waals surface area (Å²) >= 11 is 0. The molecule has 1 aromatic heterocycles. The van der Waals surface area contributed by atoms with Gasteiger partial charge in [-0.15, -0.1) is 0 Å². The van der Waals surface area contributed by atoms with Gasteiger partial charge in [-0.3, -0.25) is 4.90 Å². The molecule has 0 saturated carbocycles. The van der Waals surface area contributed by atoms with E-state index in [1.165, 1.54) is 32.4 Å². The second-order valence-corrected chi connectivity index (χ2v) is 5.54. The average Bonchev–Trinajstić information content (AvgIpc) is 2.98. The first kappa shape index (κ1) is 12.7. The van der Waals surface area contributed by atoms with E-state index in [0.29, 0.717) is 12.1 Å². The zero-order valence-corrected chi connectivity index (χ0v) is 11.8. The normalized spacial score (nSPS) is 26.4. The van der Waals surface area contributed by atoms with Crippen molar-refractivity contribution in [3.05, 3.63) is 11.8 Å². The number of anilines is 2. The Labute approximate surface area is 114 Å². The Morgan fingerprint density at radius 3 is 3.11 bits per heavy atom. The van der Waals surface area contributed by atoms with Crippen molar-refractivity contribution in [3.8, 4) is 0 Å². The highest BCUT2D eigenvalue weighted by Crippen LogP contribution is 2.30. The number of nitrogens with one attached hydrogen (secondary N) is 2. The molecule has 0 bridgehead atoms. The summed E-state index contributed by atoms with van der Waals surface area (Å²) in [7, 11) is 0.